The molecule has 2 rings (SSSR count). The molecule has 29 heavy (non-hydrogen) atoms. The van der Waals surface area contributed by atoms with Gasteiger partial charge in [-0.15, -0.1) is 26.5 Å². The van der Waals surface area contributed by atoms with E-state index < -0.39 is 0 Å². The van der Waals surface area contributed by atoms with Crippen LogP contribution in [0.5, 0.6) is 0 Å². The van der Waals surface area contributed by atoms with Gasteiger partial charge in [-0.1, -0.05) is 66.2 Å². The Bertz CT molecular complexity index is 479. The van der Waals surface area contributed by atoms with Crippen molar-refractivity contribution < 1.29 is 25.8 Å². The van der Waals surface area contributed by atoms with Gasteiger partial charge in [0.1, 0.15) is 0 Å². The largest absolute Gasteiger partial charge is 0.748 e. The molecule has 0 nitrogen and oxygen atoms in total. The van der Waals surface area contributed by atoms with Crippen molar-refractivity contribution in [1.29, 1.82) is 0 Å². The molecule has 0 unspecified atom stereocenters. The van der Waals surface area contributed by atoms with E-state index in [0.717, 1.165) is 0 Å². The zero-order valence-corrected chi connectivity index (χ0v) is 24.9. The van der Waals surface area contributed by atoms with Crippen LogP contribution in [-0.4, -0.2) is 24.6 Å². The third-order valence-corrected chi connectivity index (χ3v) is 10.9. The summed E-state index contributed by atoms with van der Waals surface area (Å²) in [5.41, 5.74) is 0. The fourth-order valence-corrected chi connectivity index (χ4v) is 9.80. The second kappa shape index (κ2) is 20.3. The van der Waals surface area contributed by atoms with Gasteiger partial charge in [0.2, 0.25) is 0 Å². The Morgan fingerprint density at radius 2 is 1.10 bits per heavy atom. The Morgan fingerprint density at radius 1 is 0.690 bits per heavy atom. The molecule has 0 fully saturated rings. The van der Waals surface area contributed by atoms with E-state index in [9.17, 15) is 0 Å². The molecule has 0 aliphatic rings. The maximum Gasteiger partial charge on any atom is 0 e. The summed E-state index contributed by atoms with van der Waals surface area (Å²) in [7, 11) is 0.205. The molecule has 0 saturated carbocycles. The van der Waals surface area contributed by atoms with Crippen molar-refractivity contribution in [3.63, 3.8) is 0 Å². The van der Waals surface area contributed by atoms with Crippen molar-refractivity contribution in [2.45, 2.75) is 79.1 Å². The van der Waals surface area contributed by atoms with E-state index in [2.05, 4.69) is 45.9 Å². The molecule has 0 amide bonds. The summed E-state index contributed by atoms with van der Waals surface area (Å²) < 4.78 is 0. The zero-order chi connectivity index (χ0) is 20.5. The Hall–Kier alpha value is 0.430. The van der Waals surface area contributed by atoms with Gasteiger partial charge in [0.15, 0.2) is 0 Å². The van der Waals surface area contributed by atoms with Gasteiger partial charge < -0.3 is 30.3 Å². The first-order valence-corrected chi connectivity index (χ1v) is 15.1. The maximum atomic E-state index is 2.50. The number of hydrogen-bond acceptors (Lipinski definition) is 0. The Labute approximate surface area is 203 Å². The average Bonchev–Trinajstić information content (AvgIpc) is 3.43. The molecule has 2 aromatic carbocycles. The van der Waals surface area contributed by atoms with Crippen LogP contribution < -0.4 is 10.6 Å². The molecule has 168 valence electrons. The first-order valence-electron chi connectivity index (χ1n) is 11.7. The summed E-state index contributed by atoms with van der Waals surface area (Å²) in [6.07, 6.45) is 16.9. The molecule has 0 aromatic heterocycles. The third-order valence-electron chi connectivity index (χ3n) is 5.13. The van der Waals surface area contributed by atoms with Crippen LogP contribution in [0.1, 0.15) is 79.1 Å². The third kappa shape index (κ3) is 12.8. The SMILES string of the molecule is CCCCP(CCCC)c1ccc[c-]1P(CCCC)CCCC.[Hf].[cH-]1[cH-][cH-][cH-][cH-]1. The van der Waals surface area contributed by atoms with Crippen molar-refractivity contribution in [2.24, 2.45) is 0 Å². The summed E-state index contributed by atoms with van der Waals surface area (Å²) >= 11 is 0. The normalized spacial score (nSPS) is 10.7. The van der Waals surface area contributed by atoms with E-state index in [0.29, 0.717) is 0 Å². The quantitative estimate of drug-likeness (QED) is 0.117. The van der Waals surface area contributed by atoms with Gasteiger partial charge in [-0.2, -0.15) is 6.07 Å². The van der Waals surface area contributed by atoms with Crippen molar-refractivity contribution in [3.8, 4) is 0 Å². The van der Waals surface area contributed by atoms with Crippen LogP contribution in [0.4, 0.5) is 0 Å². The first kappa shape index (κ1) is 29.4. The van der Waals surface area contributed by atoms with Gasteiger partial charge in [0.05, 0.1) is 0 Å². The standard InChI is InChI=1S/C21H39P2.C5H5.Hf/c1-5-9-16-22(17-10-6-2)20-14-13-15-21(20)23(18-11-7-3)19-12-8-4;1-2-4-5-3-1;/h13-15H,5-12,16-19H2,1-4H3;1-5H;/q-1;-5;. The zero-order valence-electron chi connectivity index (χ0n) is 19.5. The van der Waals surface area contributed by atoms with Gasteiger partial charge in [-0.3, -0.25) is 0 Å². The van der Waals surface area contributed by atoms with E-state index in [-0.39, 0.29) is 41.7 Å². The number of hydrogen-bond donors (Lipinski definition) is 0. The molecule has 0 spiro atoms. The van der Waals surface area contributed by atoms with Gasteiger partial charge in [0.25, 0.3) is 0 Å². The molecule has 0 aliphatic carbocycles. The Morgan fingerprint density at radius 3 is 1.52 bits per heavy atom. The fraction of sp³-hybridized carbons (Fsp3) is 0.615. The van der Waals surface area contributed by atoms with E-state index in [1.165, 1.54) is 76.0 Å². The molecule has 0 aliphatic heterocycles. The van der Waals surface area contributed by atoms with Gasteiger partial charge in [0, 0.05) is 25.8 Å². The van der Waals surface area contributed by atoms with Crippen LogP contribution in [0.2, 0.25) is 0 Å². The number of unbranched alkanes of at least 4 members (excludes halogenated alkanes) is 4. The van der Waals surface area contributed by atoms with Gasteiger partial charge in [-0.05, 0) is 37.5 Å². The number of rotatable bonds is 14. The summed E-state index contributed by atoms with van der Waals surface area (Å²) in [6, 6.07) is 17.4. The minimum Gasteiger partial charge on any atom is -0.748 e. The summed E-state index contributed by atoms with van der Waals surface area (Å²) in [5.74, 6) is 0. The first-order chi connectivity index (χ1) is 13.8. The molecule has 3 heteroatoms. The molecule has 0 saturated heterocycles. The van der Waals surface area contributed by atoms with Crippen LogP contribution in [0.25, 0.3) is 0 Å². The van der Waals surface area contributed by atoms with Crippen LogP contribution in [0.15, 0.2) is 48.5 Å². The Kier molecular flexibility index (Phi) is 20.6. The van der Waals surface area contributed by atoms with E-state index in [1.54, 1.807) is 10.6 Å². The summed E-state index contributed by atoms with van der Waals surface area (Å²) in [4.78, 5) is 0. The fourth-order valence-electron chi connectivity index (χ4n) is 3.36. The summed E-state index contributed by atoms with van der Waals surface area (Å²) in [6.45, 7) is 9.37. The molecular formula is C26H44HfP2-6. The maximum absolute atomic E-state index is 2.50. The van der Waals surface area contributed by atoms with Gasteiger partial charge >= 0.3 is 0 Å². The van der Waals surface area contributed by atoms with E-state index >= 15 is 0 Å². The molecule has 0 heterocycles. The van der Waals surface area contributed by atoms with Crippen molar-refractivity contribution in [2.75, 3.05) is 24.6 Å². The van der Waals surface area contributed by atoms with Crippen molar-refractivity contribution in [3.05, 3.63) is 48.5 Å². The predicted molar refractivity (Wildman–Crippen MR) is 136 cm³/mol. The topological polar surface area (TPSA) is 0 Å². The predicted octanol–water partition coefficient (Wildman–Crippen LogP) is 8.22. The Balaban J connectivity index is 0.00000113. The molecule has 0 N–H and O–H groups in total. The van der Waals surface area contributed by atoms with E-state index in [4.69, 9.17) is 0 Å². The van der Waals surface area contributed by atoms with E-state index in [1.807, 2.05) is 30.3 Å². The molecule has 2 aromatic rings. The molecular weight excluding hydrogens is 553 g/mol. The van der Waals surface area contributed by atoms with Crippen LogP contribution in [0.3, 0.4) is 0 Å². The molecule has 0 radical (unpaired) electrons. The van der Waals surface area contributed by atoms with Crippen LogP contribution in [-0.2, 0) is 25.8 Å². The summed E-state index contributed by atoms with van der Waals surface area (Å²) in [5, 5.41) is 3.61. The minimum absolute atomic E-state index is 0. The van der Waals surface area contributed by atoms with Crippen LogP contribution in [0, 0.1) is 0 Å². The van der Waals surface area contributed by atoms with Crippen molar-refractivity contribution in [1.82, 2.24) is 0 Å². The smallest absolute Gasteiger partial charge is 0 e. The van der Waals surface area contributed by atoms with Gasteiger partial charge in [-0.25, -0.2) is 12.1 Å². The second-order valence-electron chi connectivity index (χ2n) is 7.65. The second-order valence-corrected chi connectivity index (χ2v) is 12.6. The average molecular weight is 597 g/mol. The van der Waals surface area contributed by atoms with Crippen LogP contribution >= 0.6 is 15.8 Å². The monoisotopic (exact) mass is 598 g/mol. The molecule has 0 atom stereocenters. The minimum atomic E-state index is 0. The van der Waals surface area contributed by atoms with Crippen molar-refractivity contribution >= 4 is 26.5 Å². The molecule has 0 bridgehead atoms.